The van der Waals surface area contributed by atoms with Gasteiger partial charge in [0.25, 0.3) is 0 Å². The van der Waals surface area contributed by atoms with Crippen LogP contribution in [0.1, 0.15) is 43.6 Å². The molecule has 288 valence electrons. The summed E-state index contributed by atoms with van der Waals surface area (Å²) in [6.45, 7) is 0. The number of hydrogen-bond acceptors (Lipinski definition) is 1. The summed E-state index contributed by atoms with van der Waals surface area (Å²) in [4.78, 5) is 2.47. The average molecular weight is 771 g/mol. The number of anilines is 3. The van der Waals surface area contributed by atoms with E-state index in [4.69, 9.17) is 0 Å². The van der Waals surface area contributed by atoms with Gasteiger partial charge in [-0.15, -0.1) is 0 Å². The van der Waals surface area contributed by atoms with E-state index in [-0.39, 0.29) is 0 Å². The van der Waals surface area contributed by atoms with Crippen LogP contribution in [0.25, 0.3) is 71.6 Å². The molecule has 1 heterocycles. The molecule has 9 aromatic carbocycles. The second kappa shape index (κ2) is 15.5. The van der Waals surface area contributed by atoms with Crippen LogP contribution in [0, 0.1) is 0 Å². The Labute approximate surface area is 352 Å². The topological polar surface area (TPSA) is 8.17 Å². The molecule has 2 nitrogen and oxygen atoms in total. The highest BCUT2D eigenvalue weighted by Crippen LogP contribution is 2.46. The lowest BCUT2D eigenvalue weighted by Gasteiger charge is -2.29. The van der Waals surface area contributed by atoms with Crippen LogP contribution in [-0.4, -0.2) is 4.57 Å². The molecule has 11 rings (SSSR count). The van der Waals surface area contributed by atoms with Crippen molar-refractivity contribution >= 4 is 49.6 Å². The molecule has 0 saturated heterocycles. The van der Waals surface area contributed by atoms with Gasteiger partial charge in [0.05, 0.1) is 16.7 Å². The van der Waals surface area contributed by atoms with Crippen molar-refractivity contribution in [1.82, 2.24) is 4.57 Å². The fourth-order valence-corrected chi connectivity index (χ4v) is 9.94. The number of rotatable bonds is 8. The van der Waals surface area contributed by atoms with Gasteiger partial charge in [-0.05, 0) is 118 Å². The van der Waals surface area contributed by atoms with E-state index in [0.717, 1.165) is 22.7 Å². The van der Waals surface area contributed by atoms with E-state index in [9.17, 15) is 0 Å². The van der Waals surface area contributed by atoms with Gasteiger partial charge in [0, 0.05) is 33.4 Å². The lowest BCUT2D eigenvalue weighted by Crippen LogP contribution is -2.11. The van der Waals surface area contributed by atoms with Crippen LogP contribution in [0.4, 0.5) is 17.1 Å². The Hall–Kier alpha value is -7.16. The molecular formula is C58H46N2. The van der Waals surface area contributed by atoms with E-state index >= 15 is 0 Å². The lowest BCUT2D eigenvalue weighted by molar-refractivity contribution is 0.445. The quantitative estimate of drug-likeness (QED) is 0.149. The van der Waals surface area contributed by atoms with Gasteiger partial charge >= 0.3 is 0 Å². The second-order valence-corrected chi connectivity index (χ2v) is 16.3. The normalized spacial score (nSPS) is 13.3. The number of nitrogens with zero attached hydrogens (tertiary/aromatic N) is 2. The highest BCUT2D eigenvalue weighted by atomic mass is 15.1. The third-order valence-electron chi connectivity index (χ3n) is 12.8. The maximum atomic E-state index is 2.47. The van der Waals surface area contributed by atoms with Crippen LogP contribution >= 0.6 is 0 Å². The van der Waals surface area contributed by atoms with E-state index in [2.05, 4.69) is 222 Å². The first-order valence-electron chi connectivity index (χ1n) is 21.5. The van der Waals surface area contributed by atoms with Gasteiger partial charge in [0.1, 0.15) is 0 Å². The minimum atomic E-state index is 0.590. The third-order valence-corrected chi connectivity index (χ3v) is 12.8. The van der Waals surface area contributed by atoms with Crippen molar-refractivity contribution in [2.75, 3.05) is 4.90 Å². The van der Waals surface area contributed by atoms with Crippen molar-refractivity contribution < 1.29 is 0 Å². The number of fused-ring (bicyclic) bond motifs is 4. The summed E-state index contributed by atoms with van der Waals surface area (Å²) in [5.74, 6) is 0.590. The van der Waals surface area contributed by atoms with Crippen LogP contribution in [0.5, 0.6) is 0 Å². The zero-order valence-electron chi connectivity index (χ0n) is 33.7. The molecule has 0 bridgehead atoms. The van der Waals surface area contributed by atoms with Crippen molar-refractivity contribution in [3.63, 3.8) is 0 Å². The second-order valence-electron chi connectivity index (χ2n) is 16.3. The summed E-state index contributed by atoms with van der Waals surface area (Å²) in [5.41, 5.74) is 15.8. The number of para-hydroxylation sites is 3. The Morgan fingerprint density at radius 2 is 1.02 bits per heavy atom. The Morgan fingerprint density at radius 1 is 0.400 bits per heavy atom. The maximum Gasteiger partial charge on any atom is 0.0547 e. The van der Waals surface area contributed by atoms with E-state index in [1.165, 1.54) is 104 Å². The number of hydrogen-bond donors (Lipinski definition) is 0. The molecule has 0 amide bonds. The molecule has 10 aromatic rings. The molecule has 0 aliphatic heterocycles. The van der Waals surface area contributed by atoms with E-state index in [1.54, 1.807) is 0 Å². The highest BCUT2D eigenvalue weighted by molar-refractivity contribution is 6.10. The summed E-state index contributed by atoms with van der Waals surface area (Å²) in [7, 11) is 0. The predicted molar refractivity (Wildman–Crippen MR) is 255 cm³/mol. The molecule has 1 aliphatic rings. The molecule has 0 radical (unpaired) electrons. The largest absolute Gasteiger partial charge is 0.310 e. The summed E-state index contributed by atoms with van der Waals surface area (Å²) in [6.07, 6.45) is 6.49. The van der Waals surface area contributed by atoms with Gasteiger partial charge in [-0.25, -0.2) is 0 Å². The maximum absolute atomic E-state index is 2.47. The smallest absolute Gasteiger partial charge is 0.0547 e. The lowest BCUT2D eigenvalue weighted by atomic mass is 9.80. The van der Waals surface area contributed by atoms with Crippen molar-refractivity contribution in [3.8, 4) is 39.1 Å². The molecule has 0 spiro atoms. The van der Waals surface area contributed by atoms with Crippen LogP contribution in [-0.2, 0) is 0 Å². The fraction of sp³-hybridized carbons (Fsp3) is 0.103. The summed E-state index contributed by atoms with van der Waals surface area (Å²) in [5, 5.41) is 5.23. The van der Waals surface area contributed by atoms with Crippen molar-refractivity contribution in [1.29, 1.82) is 0 Å². The highest BCUT2D eigenvalue weighted by Gasteiger charge is 2.23. The van der Waals surface area contributed by atoms with E-state index in [1.807, 2.05) is 0 Å². The monoisotopic (exact) mass is 770 g/mol. The predicted octanol–water partition coefficient (Wildman–Crippen LogP) is 16.5. The van der Waals surface area contributed by atoms with Gasteiger partial charge in [-0.1, -0.05) is 177 Å². The standard InChI is InChI=1S/C58H46N2/c1-4-17-41(18-5-1)42-33-36-48(37-34-42)59(55-31-12-11-28-52(55)54-30-16-22-44-21-15-29-50(58(44)54)43-19-6-2-7-20-43)49-26-14-23-45(39-49)46-35-38-53-51-27-10-13-32-56(51)60(57(53)40-46)47-24-8-3-9-25-47/h1,3-5,8-18,21-40,43H,2,6-7,19-20H2. The third kappa shape index (κ3) is 6.46. The molecule has 60 heavy (non-hydrogen) atoms. The Balaban J connectivity index is 1.09. The first kappa shape index (κ1) is 36.0. The van der Waals surface area contributed by atoms with Gasteiger partial charge in [-0.2, -0.15) is 0 Å². The average Bonchev–Trinajstić information content (AvgIpc) is 3.66. The minimum absolute atomic E-state index is 0.590. The van der Waals surface area contributed by atoms with Crippen molar-refractivity contribution in [3.05, 3.63) is 218 Å². The van der Waals surface area contributed by atoms with Crippen LogP contribution in [0.15, 0.2) is 212 Å². The number of aromatic nitrogens is 1. The molecule has 1 aromatic heterocycles. The number of benzene rings is 9. The van der Waals surface area contributed by atoms with Crippen molar-refractivity contribution in [2.24, 2.45) is 0 Å². The fourth-order valence-electron chi connectivity index (χ4n) is 9.94. The molecule has 1 fully saturated rings. The van der Waals surface area contributed by atoms with Crippen LogP contribution in [0.3, 0.4) is 0 Å². The van der Waals surface area contributed by atoms with Gasteiger partial charge in [-0.3, -0.25) is 0 Å². The molecular weight excluding hydrogens is 725 g/mol. The van der Waals surface area contributed by atoms with Crippen LogP contribution < -0.4 is 4.90 Å². The first-order chi connectivity index (χ1) is 29.8. The zero-order chi connectivity index (χ0) is 39.8. The summed E-state index contributed by atoms with van der Waals surface area (Å²) in [6, 6.07) is 78.2. The Morgan fingerprint density at radius 3 is 1.85 bits per heavy atom. The first-order valence-corrected chi connectivity index (χ1v) is 21.5. The molecule has 1 aliphatic carbocycles. The minimum Gasteiger partial charge on any atom is -0.310 e. The van der Waals surface area contributed by atoms with Gasteiger partial charge in [0.2, 0.25) is 0 Å². The zero-order valence-corrected chi connectivity index (χ0v) is 33.7. The molecule has 0 atom stereocenters. The summed E-state index contributed by atoms with van der Waals surface area (Å²) >= 11 is 0. The van der Waals surface area contributed by atoms with Crippen molar-refractivity contribution in [2.45, 2.75) is 38.0 Å². The molecule has 1 saturated carbocycles. The van der Waals surface area contributed by atoms with Gasteiger partial charge < -0.3 is 9.47 Å². The molecule has 0 N–H and O–H groups in total. The van der Waals surface area contributed by atoms with E-state index in [0.29, 0.717) is 5.92 Å². The molecule has 2 heteroatoms. The SMILES string of the molecule is c1ccc(-c2ccc(N(c3cccc(-c4ccc5c6ccccc6n(-c6ccccc6)c5c4)c3)c3ccccc3-c3cccc4cccc(C5CCCCC5)c34)cc2)cc1. The Kier molecular flexibility index (Phi) is 9.32. The van der Waals surface area contributed by atoms with Crippen LogP contribution in [0.2, 0.25) is 0 Å². The summed E-state index contributed by atoms with van der Waals surface area (Å²) < 4.78 is 2.40. The van der Waals surface area contributed by atoms with Gasteiger partial charge in [0.15, 0.2) is 0 Å². The molecule has 0 unspecified atom stereocenters. The Bertz CT molecular complexity index is 3110. The van der Waals surface area contributed by atoms with E-state index < -0.39 is 0 Å².